The number of hydrogen-bond acceptors (Lipinski definition) is 2. The lowest BCUT2D eigenvalue weighted by Gasteiger charge is -2.19. The minimum absolute atomic E-state index is 0.418. The van der Waals surface area contributed by atoms with E-state index in [1.54, 1.807) is 0 Å². The zero-order chi connectivity index (χ0) is 15.1. The van der Waals surface area contributed by atoms with Crippen LogP contribution in [0, 0.1) is 0 Å². The van der Waals surface area contributed by atoms with Crippen LogP contribution in [-0.2, 0) is 17.6 Å². The summed E-state index contributed by atoms with van der Waals surface area (Å²) in [6.07, 6.45) is 0.656. The summed E-state index contributed by atoms with van der Waals surface area (Å²) in [5.41, 5.74) is 3.29. The van der Waals surface area contributed by atoms with Crippen LogP contribution in [0.25, 0.3) is 0 Å². The predicted molar refractivity (Wildman–Crippen MR) is 82.4 cm³/mol. The molecule has 3 nitrogen and oxygen atoms in total. The molecule has 0 amide bonds. The van der Waals surface area contributed by atoms with Crippen molar-refractivity contribution in [1.29, 1.82) is 0 Å². The average molecular weight is 284 g/mol. The van der Waals surface area contributed by atoms with Crippen molar-refractivity contribution in [3.8, 4) is 0 Å². The molecule has 0 radical (unpaired) electrons. The summed E-state index contributed by atoms with van der Waals surface area (Å²) >= 11 is 0. The molecule has 21 heavy (non-hydrogen) atoms. The van der Waals surface area contributed by atoms with Crippen LogP contribution in [0.3, 0.4) is 0 Å². The van der Waals surface area contributed by atoms with Gasteiger partial charge in [0.25, 0.3) is 0 Å². The highest BCUT2D eigenvalue weighted by Gasteiger charge is 2.18. The first-order chi connectivity index (χ1) is 10.2. The molecule has 110 valence electrons. The van der Waals surface area contributed by atoms with Crippen LogP contribution in [0.15, 0.2) is 54.6 Å². The largest absolute Gasteiger partial charge is 0.506 e. The van der Waals surface area contributed by atoms with Crippen LogP contribution < -0.4 is 0 Å². The van der Waals surface area contributed by atoms with E-state index in [4.69, 9.17) is 9.84 Å². The summed E-state index contributed by atoms with van der Waals surface area (Å²) in [5, 5.41) is 8.98. The van der Waals surface area contributed by atoms with Gasteiger partial charge in [0.05, 0.1) is 0 Å². The van der Waals surface area contributed by atoms with E-state index < -0.39 is 12.3 Å². The number of hydrogen-bond donors (Lipinski definition) is 1. The Labute approximate surface area is 125 Å². The first-order valence-electron chi connectivity index (χ1n) is 7.22. The maximum atomic E-state index is 11.0. The van der Waals surface area contributed by atoms with E-state index in [1.807, 2.05) is 54.6 Å². The number of ether oxygens (including phenoxy) is 1. The van der Waals surface area contributed by atoms with Gasteiger partial charge in [-0.3, -0.25) is 0 Å². The topological polar surface area (TPSA) is 46.5 Å². The van der Waals surface area contributed by atoms with Crippen LogP contribution in [0.4, 0.5) is 4.79 Å². The summed E-state index contributed by atoms with van der Waals surface area (Å²) in [7, 11) is 0. The fraction of sp³-hybridized carbons (Fsp3) is 0.278. The van der Waals surface area contributed by atoms with E-state index in [9.17, 15) is 4.79 Å². The quantitative estimate of drug-likeness (QED) is 0.787. The Morgan fingerprint density at radius 2 is 1.76 bits per heavy atom. The zero-order valence-corrected chi connectivity index (χ0v) is 12.2. The smallest absolute Gasteiger partial charge is 0.450 e. The lowest BCUT2D eigenvalue weighted by molar-refractivity contribution is 0.0473. The molecule has 0 aromatic heterocycles. The van der Waals surface area contributed by atoms with E-state index in [0.717, 1.165) is 24.0 Å². The second-order valence-corrected chi connectivity index (χ2v) is 4.95. The van der Waals surface area contributed by atoms with Crippen molar-refractivity contribution in [2.45, 2.75) is 32.3 Å². The Balaban J connectivity index is 2.16. The van der Waals surface area contributed by atoms with Gasteiger partial charge < -0.3 is 9.84 Å². The van der Waals surface area contributed by atoms with Gasteiger partial charge in [0.15, 0.2) is 0 Å². The molecule has 0 spiro atoms. The Kier molecular flexibility index (Phi) is 5.38. The summed E-state index contributed by atoms with van der Waals surface area (Å²) in [4.78, 5) is 11.0. The van der Waals surface area contributed by atoms with Crippen molar-refractivity contribution < 1.29 is 14.6 Å². The third kappa shape index (κ3) is 4.35. The molecule has 2 aromatic carbocycles. The summed E-state index contributed by atoms with van der Waals surface area (Å²) in [6, 6.07) is 17.9. The minimum atomic E-state index is -1.22. The van der Waals surface area contributed by atoms with E-state index in [0.29, 0.717) is 6.42 Å². The van der Waals surface area contributed by atoms with Crippen molar-refractivity contribution in [3.05, 3.63) is 71.3 Å². The Hall–Kier alpha value is -2.29. The minimum Gasteiger partial charge on any atom is -0.450 e. The molecule has 0 heterocycles. The standard InChI is InChI=1S/C18H20O3/c1-2-15-10-6-7-11-16(15)17(21-18(19)20)13-12-14-8-4-3-5-9-14/h3-11,17H,2,12-13H2,1H3,(H,19,20). The van der Waals surface area contributed by atoms with Gasteiger partial charge in [0.2, 0.25) is 0 Å². The molecule has 2 rings (SSSR count). The van der Waals surface area contributed by atoms with E-state index >= 15 is 0 Å². The van der Waals surface area contributed by atoms with Crippen molar-refractivity contribution >= 4 is 6.16 Å². The Bertz CT molecular complexity index is 578. The number of carbonyl (C=O) groups is 1. The fourth-order valence-electron chi connectivity index (χ4n) is 2.51. The monoisotopic (exact) mass is 284 g/mol. The molecule has 2 aromatic rings. The fourth-order valence-corrected chi connectivity index (χ4v) is 2.51. The van der Waals surface area contributed by atoms with Crippen LogP contribution >= 0.6 is 0 Å². The molecule has 1 N–H and O–H groups in total. The summed E-state index contributed by atoms with van der Waals surface area (Å²) < 4.78 is 5.12. The molecule has 0 bridgehead atoms. The van der Waals surface area contributed by atoms with Crippen molar-refractivity contribution in [2.24, 2.45) is 0 Å². The van der Waals surface area contributed by atoms with Gasteiger partial charge in [-0.15, -0.1) is 0 Å². The third-order valence-corrected chi connectivity index (χ3v) is 3.56. The molecule has 1 atom stereocenters. The average Bonchev–Trinajstić information content (AvgIpc) is 2.52. The Morgan fingerprint density at radius 3 is 2.43 bits per heavy atom. The zero-order valence-electron chi connectivity index (χ0n) is 12.2. The van der Waals surface area contributed by atoms with E-state index in [-0.39, 0.29) is 0 Å². The lowest BCUT2D eigenvalue weighted by Crippen LogP contribution is -2.12. The molecule has 3 heteroatoms. The van der Waals surface area contributed by atoms with Gasteiger partial charge in [-0.2, -0.15) is 0 Å². The lowest BCUT2D eigenvalue weighted by atomic mass is 9.96. The molecule has 0 saturated heterocycles. The number of aryl methyl sites for hydroxylation is 2. The van der Waals surface area contributed by atoms with Gasteiger partial charge >= 0.3 is 6.16 Å². The first kappa shape index (κ1) is 15.1. The van der Waals surface area contributed by atoms with Gasteiger partial charge in [-0.25, -0.2) is 4.79 Å². The normalized spacial score (nSPS) is 11.9. The van der Waals surface area contributed by atoms with Gasteiger partial charge in [0.1, 0.15) is 6.10 Å². The number of benzene rings is 2. The van der Waals surface area contributed by atoms with Crippen LogP contribution in [0.2, 0.25) is 0 Å². The SMILES string of the molecule is CCc1ccccc1C(CCc1ccccc1)OC(=O)O. The van der Waals surface area contributed by atoms with E-state index in [2.05, 4.69) is 6.92 Å². The summed E-state index contributed by atoms with van der Waals surface area (Å²) in [5.74, 6) is 0. The maximum Gasteiger partial charge on any atom is 0.506 e. The first-order valence-corrected chi connectivity index (χ1v) is 7.22. The molecule has 0 aliphatic carbocycles. The van der Waals surface area contributed by atoms with E-state index in [1.165, 1.54) is 5.56 Å². The highest BCUT2D eigenvalue weighted by Crippen LogP contribution is 2.27. The van der Waals surface area contributed by atoms with Crippen molar-refractivity contribution in [2.75, 3.05) is 0 Å². The predicted octanol–water partition coefficient (Wildman–Crippen LogP) is 4.62. The maximum absolute atomic E-state index is 11.0. The van der Waals surface area contributed by atoms with Crippen molar-refractivity contribution in [3.63, 3.8) is 0 Å². The highest BCUT2D eigenvalue weighted by molar-refractivity contribution is 5.57. The molecule has 1 unspecified atom stereocenters. The van der Waals surface area contributed by atoms with Gasteiger partial charge in [0, 0.05) is 0 Å². The summed E-state index contributed by atoms with van der Waals surface area (Å²) in [6.45, 7) is 2.06. The molecule has 0 fully saturated rings. The molecule has 0 aliphatic heterocycles. The van der Waals surface area contributed by atoms with Gasteiger partial charge in [-0.05, 0) is 36.0 Å². The van der Waals surface area contributed by atoms with Crippen LogP contribution in [0.1, 0.15) is 36.1 Å². The third-order valence-electron chi connectivity index (χ3n) is 3.56. The number of carboxylic acid groups (broad SMARTS) is 1. The second-order valence-electron chi connectivity index (χ2n) is 4.95. The van der Waals surface area contributed by atoms with Gasteiger partial charge in [-0.1, -0.05) is 61.5 Å². The Morgan fingerprint density at radius 1 is 1.10 bits per heavy atom. The van der Waals surface area contributed by atoms with Crippen molar-refractivity contribution in [1.82, 2.24) is 0 Å². The number of rotatable bonds is 6. The molecular weight excluding hydrogens is 264 g/mol. The van der Waals surface area contributed by atoms with Crippen LogP contribution in [-0.4, -0.2) is 11.3 Å². The second kappa shape index (κ2) is 7.48. The highest BCUT2D eigenvalue weighted by atomic mass is 16.7. The van der Waals surface area contributed by atoms with Crippen LogP contribution in [0.5, 0.6) is 0 Å². The molecular formula is C18H20O3. The molecule has 0 saturated carbocycles. The molecule has 0 aliphatic rings.